The number of fused-ring (bicyclic) bond motifs is 12. The predicted molar refractivity (Wildman–Crippen MR) is 268 cm³/mol. The summed E-state index contributed by atoms with van der Waals surface area (Å²) in [5.41, 5.74) is 16.7. The number of benzene rings is 10. The van der Waals surface area contributed by atoms with Crippen LogP contribution in [-0.2, 0) is 0 Å². The quantitative estimate of drug-likeness (QED) is 0.170. The van der Waals surface area contributed by atoms with Gasteiger partial charge in [0.1, 0.15) is 5.58 Å². The summed E-state index contributed by atoms with van der Waals surface area (Å²) < 4.78 is 14.1. The van der Waals surface area contributed by atoms with Gasteiger partial charge in [0.25, 0.3) is 0 Å². The molecule has 0 saturated heterocycles. The van der Waals surface area contributed by atoms with E-state index in [1.165, 1.54) is 65.6 Å². The minimum absolute atomic E-state index is 0.877. The third-order valence-corrected chi connectivity index (χ3v) is 13.4. The van der Waals surface area contributed by atoms with Crippen molar-refractivity contribution >= 4 is 87.4 Å². The maximum atomic E-state index is 6.78. The van der Waals surface area contributed by atoms with Gasteiger partial charge in [0.2, 0.25) is 0 Å². The van der Waals surface area contributed by atoms with Crippen LogP contribution in [0.4, 0.5) is 0 Å². The third-order valence-electron chi connectivity index (χ3n) is 13.4. The number of rotatable bonds is 5. The van der Waals surface area contributed by atoms with E-state index in [0.29, 0.717) is 0 Å². The third kappa shape index (κ3) is 4.93. The SMILES string of the molecule is c1ccc(-c2ccc3c4ccccc4n(-c4cccc5c4oc4ccccc45)c3c2-c2ccc3c4ccccc4n(-c4ccc5c(c4)c4ccccc4n5-c4ccccc4)c3c2)cc1. The highest BCUT2D eigenvalue weighted by molar-refractivity contribution is 6.19. The molecule has 14 rings (SSSR count). The molecular formula is C60H37N3O. The highest BCUT2D eigenvalue weighted by Gasteiger charge is 2.24. The molecule has 4 heteroatoms. The van der Waals surface area contributed by atoms with Crippen molar-refractivity contribution in [3.8, 4) is 39.3 Å². The van der Waals surface area contributed by atoms with Crippen molar-refractivity contribution in [1.82, 2.24) is 13.7 Å². The van der Waals surface area contributed by atoms with Gasteiger partial charge in [0.05, 0.1) is 38.8 Å². The van der Waals surface area contributed by atoms with Crippen LogP contribution in [-0.4, -0.2) is 13.7 Å². The van der Waals surface area contributed by atoms with Crippen molar-refractivity contribution in [2.45, 2.75) is 0 Å². The lowest BCUT2D eigenvalue weighted by Gasteiger charge is -2.17. The molecule has 0 bridgehead atoms. The van der Waals surface area contributed by atoms with E-state index < -0.39 is 0 Å². The summed E-state index contributed by atoms with van der Waals surface area (Å²) in [5.74, 6) is 0. The molecule has 0 aliphatic heterocycles. The Morgan fingerprint density at radius 2 is 0.859 bits per heavy atom. The van der Waals surface area contributed by atoms with Crippen molar-refractivity contribution < 1.29 is 4.42 Å². The Balaban J connectivity index is 1.09. The van der Waals surface area contributed by atoms with Gasteiger partial charge in [-0.3, -0.25) is 0 Å². The second-order valence-corrected chi connectivity index (χ2v) is 16.8. The lowest BCUT2D eigenvalue weighted by atomic mass is 9.91. The van der Waals surface area contributed by atoms with Gasteiger partial charge in [-0.15, -0.1) is 0 Å². The Morgan fingerprint density at radius 1 is 0.297 bits per heavy atom. The second kappa shape index (κ2) is 13.4. The van der Waals surface area contributed by atoms with Crippen molar-refractivity contribution in [2.75, 3.05) is 0 Å². The lowest BCUT2D eigenvalue weighted by Crippen LogP contribution is -1.98. The zero-order chi connectivity index (χ0) is 41.9. The maximum absolute atomic E-state index is 6.78. The van der Waals surface area contributed by atoms with Crippen LogP contribution in [0.1, 0.15) is 0 Å². The normalized spacial score (nSPS) is 12.1. The van der Waals surface area contributed by atoms with E-state index in [1.807, 2.05) is 6.07 Å². The molecular weight excluding hydrogens is 779 g/mol. The molecule has 0 aliphatic carbocycles. The van der Waals surface area contributed by atoms with Crippen LogP contribution in [0.5, 0.6) is 0 Å². The number of para-hydroxylation sites is 6. The van der Waals surface area contributed by atoms with Gasteiger partial charge in [-0.05, 0) is 83.4 Å². The van der Waals surface area contributed by atoms with E-state index >= 15 is 0 Å². The van der Waals surface area contributed by atoms with Gasteiger partial charge < -0.3 is 18.1 Å². The molecule has 0 saturated carbocycles. The van der Waals surface area contributed by atoms with E-state index in [-0.39, 0.29) is 0 Å². The van der Waals surface area contributed by atoms with Gasteiger partial charge >= 0.3 is 0 Å². The van der Waals surface area contributed by atoms with Gasteiger partial charge in [-0.1, -0.05) is 158 Å². The molecule has 0 amide bonds. The first-order chi connectivity index (χ1) is 31.8. The van der Waals surface area contributed by atoms with Crippen LogP contribution >= 0.6 is 0 Å². The molecule has 0 unspecified atom stereocenters. The minimum atomic E-state index is 0.877. The number of nitrogens with zero attached hydrogens (tertiary/aromatic N) is 3. The molecule has 4 heterocycles. The summed E-state index contributed by atoms with van der Waals surface area (Å²) in [6.07, 6.45) is 0. The molecule has 64 heavy (non-hydrogen) atoms. The van der Waals surface area contributed by atoms with Crippen molar-refractivity contribution in [3.63, 3.8) is 0 Å². The van der Waals surface area contributed by atoms with Crippen LogP contribution in [0.15, 0.2) is 229 Å². The Bertz CT molecular complexity index is 4180. The van der Waals surface area contributed by atoms with E-state index in [9.17, 15) is 0 Å². The maximum Gasteiger partial charge on any atom is 0.159 e. The van der Waals surface area contributed by atoms with Crippen molar-refractivity contribution in [2.24, 2.45) is 0 Å². The van der Waals surface area contributed by atoms with E-state index in [1.54, 1.807) is 0 Å². The number of hydrogen-bond donors (Lipinski definition) is 0. The number of furan rings is 1. The van der Waals surface area contributed by atoms with E-state index in [4.69, 9.17) is 4.42 Å². The first-order valence-corrected chi connectivity index (χ1v) is 21.9. The standard InChI is InChI=1S/C60H37N3O/c1-3-16-38(17-4-1)42-33-34-48-44-21-8-13-27-53(44)63(55-28-15-24-49-47-23-10-14-29-57(47)64-60(49)55)59(48)58(42)39-30-32-46-43-20-7-11-25-51(43)62(56(46)36-39)41-31-35-54-50(37-41)45-22-9-12-26-52(45)61(54)40-18-5-2-6-19-40/h1-37H. The minimum Gasteiger partial charge on any atom is -0.454 e. The summed E-state index contributed by atoms with van der Waals surface area (Å²) in [6.45, 7) is 0. The van der Waals surface area contributed by atoms with Gasteiger partial charge in [-0.2, -0.15) is 0 Å². The molecule has 298 valence electrons. The predicted octanol–water partition coefficient (Wildman–Crippen LogP) is 16.2. The Labute approximate surface area is 367 Å². The molecule has 4 aromatic heterocycles. The Kier molecular flexibility index (Phi) is 7.36. The molecule has 14 aromatic rings. The Hall–Kier alpha value is -8.60. The average Bonchev–Trinajstić information content (AvgIpc) is 4.10. The van der Waals surface area contributed by atoms with Crippen molar-refractivity contribution in [1.29, 1.82) is 0 Å². The molecule has 0 aliphatic rings. The monoisotopic (exact) mass is 815 g/mol. The molecule has 10 aromatic carbocycles. The number of aromatic nitrogens is 3. The van der Waals surface area contributed by atoms with Crippen molar-refractivity contribution in [3.05, 3.63) is 224 Å². The van der Waals surface area contributed by atoms with Crippen LogP contribution in [0.3, 0.4) is 0 Å². The molecule has 0 N–H and O–H groups in total. The lowest BCUT2D eigenvalue weighted by molar-refractivity contribution is 0.666. The molecule has 0 spiro atoms. The topological polar surface area (TPSA) is 27.9 Å². The average molecular weight is 816 g/mol. The largest absolute Gasteiger partial charge is 0.454 e. The van der Waals surface area contributed by atoms with Crippen LogP contribution < -0.4 is 0 Å². The van der Waals surface area contributed by atoms with Crippen LogP contribution in [0.25, 0.3) is 127 Å². The summed E-state index contributed by atoms with van der Waals surface area (Å²) in [7, 11) is 0. The summed E-state index contributed by atoms with van der Waals surface area (Å²) in [5, 5.41) is 9.51. The molecule has 0 fully saturated rings. The number of hydrogen-bond acceptors (Lipinski definition) is 1. The summed E-state index contributed by atoms with van der Waals surface area (Å²) in [4.78, 5) is 0. The van der Waals surface area contributed by atoms with Gasteiger partial charge in [-0.25, -0.2) is 0 Å². The smallest absolute Gasteiger partial charge is 0.159 e. The van der Waals surface area contributed by atoms with E-state index in [2.05, 4.69) is 232 Å². The highest BCUT2D eigenvalue weighted by atomic mass is 16.3. The second-order valence-electron chi connectivity index (χ2n) is 16.8. The molecule has 0 radical (unpaired) electrons. The fourth-order valence-electron chi connectivity index (χ4n) is 10.7. The Morgan fingerprint density at radius 3 is 1.62 bits per heavy atom. The molecule has 0 atom stereocenters. The fraction of sp³-hybridized carbons (Fsp3) is 0. The van der Waals surface area contributed by atoms with Crippen LogP contribution in [0, 0.1) is 0 Å². The zero-order valence-corrected chi connectivity index (χ0v) is 34.6. The highest BCUT2D eigenvalue weighted by Crippen LogP contribution is 2.47. The van der Waals surface area contributed by atoms with Gasteiger partial charge in [0, 0.05) is 60.0 Å². The van der Waals surface area contributed by atoms with Crippen LogP contribution in [0.2, 0.25) is 0 Å². The first-order valence-electron chi connectivity index (χ1n) is 21.9. The zero-order valence-electron chi connectivity index (χ0n) is 34.6. The summed E-state index contributed by atoms with van der Waals surface area (Å²) >= 11 is 0. The first kappa shape index (κ1) is 35.0. The molecule has 4 nitrogen and oxygen atoms in total. The fourth-order valence-corrected chi connectivity index (χ4v) is 10.7. The van der Waals surface area contributed by atoms with E-state index in [0.717, 1.165) is 61.1 Å². The van der Waals surface area contributed by atoms with Gasteiger partial charge in [0.15, 0.2) is 5.58 Å². The summed E-state index contributed by atoms with van der Waals surface area (Å²) in [6, 6.07) is 81.5.